The number of nitrogens with one attached hydrogen (secondary N) is 1. The van der Waals surface area contributed by atoms with Crippen LogP contribution in [0.1, 0.15) is 51.7 Å². The third-order valence-corrected chi connectivity index (χ3v) is 7.50. The van der Waals surface area contributed by atoms with Gasteiger partial charge < -0.3 is 10.1 Å². The average Bonchev–Trinajstić information content (AvgIpc) is 3.15. The van der Waals surface area contributed by atoms with Gasteiger partial charge in [-0.1, -0.05) is 23.4 Å². The second-order valence-corrected chi connectivity index (χ2v) is 9.69. The van der Waals surface area contributed by atoms with E-state index in [2.05, 4.69) is 16.4 Å². The van der Waals surface area contributed by atoms with Crippen LogP contribution in [0.4, 0.5) is 5.00 Å². The molecule has 0 aliphatic heterocycles. The molecule has 0 saturated heterocycles. The van der Waals surface area contributed by atoms with E-state index in [4.69, 9.17) is 4.74 Å². The Balaban J connectivity index is 1.52. The van der Waals surface area contributed by atoms with Crippen molar-refractivity contribution in [3.63, 3.8) is 0 Å². The molecule has 1 aliphatic carbocycles. The van der Waals surface area contributed by atoms with Crippen LogP contribution in [0.5, 0.6) is 0 Å². The van der Waals surface area contributed by atoms with Crippen molar-refractivity contribution in [2.24, 2.45) is 0 Å². The Morgan fingerprint density at radius 2 is 2.09 bits per heavy atom. The Morgan fingerprint density at radius 1 is 1.28 bits per heavy atom. The molecule has 0 unspecified atom stereocenters. The molecule has 3 aromatic rings. The minimum absolute atomic E-state index is 0.0872. The van der Waals surface area contributed by atoms with Crippen molar-refractivity contribution in [2.75, 3.05) is 17.7 Å². The van der Waals surface area contributed by atoms with E-state index in [1.54, 1.807) is 6.92 Å². The number of hydrogen-bond donors (Lipinski definition) is 1. The number of aromatic nitrogens is 1. The third kappa shape index (κ3) is 4.64. The van der Waals surface area contributed by atoms with Gasteiger partial charge in [-0.15, -0.1) is 11.3 Å². The minimum atomic E-state index is -0.381. The van der Waals surface area contributed by atoms with Gasteiger partial charge >= 0.3 is 5.97 Å². The van der Waals surface area contributed by atoms with Gasteiger partial charge in [0.1, 0.15) is 16.1 Å². The molecule has 32 heavy (non-hydrogen) atoms. The molecule has 164 valence electrons. The van der Waals surface area contributed by atoms with Gasteiger partial charge in [-0.05, 0) is 63.3 Å². The van der Waals surface area contributed by atoms with Crippen LogP contribution in [-0.4, -0.2) is 29.2 Å². The largest absolute Gasteiger partial charge is 0.462 e. The first-order valence-electron chi connectivity index (χ1n) is 10.6. The molecule has 0 bridgehead atoms. The standard InChI is InChI=1S/C24H23N3O3S2/c1-3-30-24(29)21-17-6-4-5-7-19(17)32-23(21)27-20(28)13-31-22-16(12-25)11-15-10-14(2)8-9-18(15)26-22/h8-11H,3-7,13H2,1-2H3,(H,27,28). The van der Waals surface area contributed by atoms with Crippen LogP contribution in [0.3, 0.4) is 0 Å². The quantitative estimate of drug-likeness (QED) is 0.394. The summed E-state index contributed by atoms with van der Waals surface area (Å²) >= 11 is 2.69. The SMILES string of the molecule is CCOC(=O)c1c(NC(=O)CSc2nc3ccc(C)cc3cc2C#N)sc2c1CCCC2. The highest BCUT2D eigenvalue weighted by Crippen LogP contribution is 2.38. The van der Waals surface area contributed by atoms with Gasteiger partial charge in [-0.25, -0.2) is 9.78 Å². The molecule has 0 radical (unpaired) electrons. The number of thiophene rings is 1. The van der Waals surface area contributed by atoms with Crippen LogP contribution in [-0.2, 0) is 22.4 Å². The fraction of sp³-hybridized carbons (Fsp3) is 0.333. The lowest BCUT2D eigenvalue weighted by Gasteiger charge is -2.12. The predicted octanol–water partition coefficient (Wildman–Crippen LogP) is 5.26. The van der Waals surface area contributed by atoms with Crippen LogP contribution in [0.25, 0.3) is 10.9 Å². The van der Waals surface area contributed by atoms with E-state index < -0.39 is 0 Å². The summed E-state index contributed by atoms with van der Waals surface area (Å²) in [5, 5.41) is 14.4. The Labute approximate surface area is 195 Å². The van der Waals surface area contributed by atoms with E-state index in [-0.39, 0.29) is 24.2 Å². The highest BCUT2D eigenvalue weighted by atomic mass is 32.2. The molecule has 1 aromatic carbocycles. The summed E-state index contributed by atoms with van der Waals surface area (Å²) in [5.41, 5.74) is 3.84. The van der Waals surface area contributed by atoms with E-state index >= 15 is 0 Å². The summed E-state index contributed by atoms with van der Waals surface area (Å²) < 4.78 is 5.25. The maximum Gasteiger partial charge on any atom is 0.341 e. The number of rotatable bonds is 6. The number of ether oxygens (including phenoxy) is 1. The average molecular weight is 466 g/mol. The van der Waals surface area contributed by atoms with Crippen LogP contribution in [0.2, 0.25) is 0 Å². The summed E-state index contributed by atoms with van der Waals surface area (Å²) in [6.07, 6.45) is 3.87. The summed E-state index contributed by atoms with van der Waals surface area (Å²) in [4.78, 5) is 31.1. The van der Waals surface area contributed by atoms with Crippen molar-refractivity contribution < 1.29 is 14.3 Å². The zero-order valence-corrected chi connectivity index (χ0v) is 19.6. The molecular formula is C24H23N3O3S2. The topological polar surface area (TPSA) is 92.1 Å². The first kappa shape index (κ1) is 22.3. The normalized spacial score (nSPS) is 12.8. The lowest BCUT2D eigenvalue weighted by atomic mass is 9.95. The molecule has 0 saturated carbocycles. The fourth-order valence-electron chi connectivity index (χ4n) is 3.84. The molecule has 2 heterocycles. The summed E-state index contributed by atoms with van der Waals surface area (Å²) in [7, 11) is 0. The smallest absolute Gasteiger partial charge is 0.341 e. The molecule has 0 atom stereocenters. The Morgan fingerprint density at radius 3 is 2.88 bits per heavy atom. The minimum Gasteiger partial charge on any atom is -0.462 e. The summed E-state index contributed by atoms with van der Waals surface area (Å²) in [6.45, 7) is 4.05. The lowest BCUT2D eigenvalue weighted by Crippen LogP contribution is -2.17. The van der Waals surface area contributed by atoms with Crippen LogP contribution < -0.4 is 5.32 Å². The number of nitrogens with zero attached hydrogens (tertiary/aromatic N) is 2. The molecule has 1 aliphatic rings. The van der Waals surface area contributed by atoms with Gasteiger partial charge in [-0.3, -0.25) is 4.79 Å². The van der Waals surface area contributed by atoms with Crippen molar-refractivity contribution in [1.82, 2.24) is 4.98 Å². The third-order valence-electron chi connectivity index (χ3n) is 5.30. The number of nitriles is 1. The molecular weight excluding hydrogens is 442 g/mol. The van der Waals surface area contributed by atoms with Crippen LogP contribution in [0.15, 0.2) is 29.3 Å². The molecule has 1 amide bonds. The number of thioether (sulfide) groups is 1. The Bertz CT molecular complexity index is 1240. The van der Waals surface area contributed by atoms with Gasteiger partial charge in [0.05, 0.1) is 29.0 Å². The maximum atomic E-state index is 12.8. The lowest BCUT2D eigenvalue weighted by molar-refractivity contribution is -0.113. The van der Waals surface area contributed by atoms with Gasteiger partial charge in [-0.2, -0.15) is 5.26 Å². The summed E-state index contributed by atoms with van der Waals surface area (Å²) in [5.74, 6) is -0.536. The van der Waals surface area contributed by atoms with Crippen molar-refractivity contribution in [3.05, 3.63) is 51.4 Å². The van der Waals surface area contributed by atoms with E-state index in [0.717, 1.165) is 52.6 Å². The molecule has 1 N–H and O–H groups in total. The molecule has 8 heteroatoms. The monoisotopic (exact) mass is 465 g/mol. The number of aryl methyl sites for hydroxylation is 2. The van der Waals surface area contributed by atoms with E-state index in [1.165, 1.54) is 23.1 Å². The number of hydrogen-bond acceptors (Lipinski definition) is 7. The number of esters is 1. The number of anilines is 1. The highest BCUT2D eigenvalue weighted by molar-refractivity contribution is 8.00. The van der Waals surface area contributed by atoms with Gasteiger partial charge in [0.25, 0.3) is 0 Å². The van der Waals surface area contributed by atoms with E-state index in [1.807, 2.05) is 31.2 Å². The predicted molar refractivity (Wildman–Crippen MR) is 127 cm³/mol. The number of amides is 1. The van der Waals surface area contributed by atoms with Gasteiger partial charge in [0.15, 0.2) is 0 Å². The number of carbonyl (C=O) groups is 2. The first-order valence-corrected chi connectivity index (χ1v) is 12.4. The number of benzene rings is 1. The fourth-order valence-corrected chi connectivity index (χ4v) is 5.89. The number of carbonyl (C=O) groups excluding carboxylic acids is 2. The van der Waals surface area contributed by atoms with Crippen molar-refractivity contribution in [1.29, 1.82) is 5.26 Å². The summed E-state index contributed by atoms with van der Waals surface area (Å²) in [6, 6.07) is 9.86. The van der Waals surface area contributed by atoms with Crippen molar-refractivity contribution in [2.45, 2.75) is 44.6 Å². The van der Waals surface area contributed by atoms with E-state index in [0.29, 0.717) is 21.2 Å². The molecule has 0 spiro atoms. The van der Waals surface area contributed by atoms with Gasteiger partial charge in [0.2, 0.25) is 5.91 Å². The zero-order chi connectivity index (χ0) is 22.7. The molecule has 0 fully saturated rings. The maximum absolute atomic E-state index is 12.8. The van der Waals surface area contributed by atoms with Crippen molar-refractivity contribution in [3.8, 4) is 6.07 Å². The number of fused-ring (bicyclic) bond motifs is 2. The van der Waals surface area contributed by atoms with Crippen LogP contribution >= 0.6 is 23.1 Å². The van der Waals surface area contributed by atoms with Crippen LogP contribution in [0, 0.1) is 18.3 Å². The Kier molecular flexibility index (Phi) is 6.77. The van der Waals surface area contributed by atoms with Gasteiger partial charge in [0, 0.05) is 10.3 Å². The highest BCUT2D eigenvalue weighted by Gasteiger charge is 2.27. The molecule has 2 aromatic heterocycles. The molecule has 4 rings (SSSR count). The number of pyridine rings is 1. The Hall–Kier alpha value is -2.89. The second-order valence-electron chi connectivity index (χ2n) is 7.62. The van der Waals surface area contributed by atoms with Crippen molar-refractivity contribution >= 4 is 50.9 Å². The molecule has 6 nitrogen and oxygen atoms in total. The zero-order valence-electron chi connectivity index (χ0n) is 18.0. The second kappa shape index (κ2) is 9.72. The van der Waals surface area contributed by atoms with E-state index in [9.17, 15) is 14.9 Å². The first-order chi connectivity index (χ1) is 15.5.